The van der Waals surface area contributed by atoms with Gasteiger partial charge in [-0.1, -0.05) is 0 Å². The highest BCUT2D eigenvalue weighted by Crippen LogP contribution is 2.15. The van der Waals surface area contributed by atoms with Gasteiger partial charge in [-0.15, -0.1) is 0 Å². The fourth-order valence-corrected chi connectivity index (χ4v) is 1.81. The second-order valence-electron chi connectivity index (χ2n) is 4.09. The predicted octanol–water partition coefficient (Wildman–Crippen LogP) is 2.32. The number of hydrogen-bond acceptors (Lipinski definition) is 3. The summed E-state index contributed by atoms with van der Waals surface area (Å²) in [5.74, 6) is 0.138. The van der Waals surface area contributed by atoms with Crippen molar-refractivity contribution in [3.63, 3.8) is 0 Å². The second kappa shape index (κ2) is 6.40. The summed E-state index contributed by atoms with van der Waals surface area (Å²) in [7, 11) is 1.80. The van der Waals surface area contributed by atoms with Crippen LogP contribution in [-0.4, -0.2) is 32.0 Å². The van der Waals surface area contributed by atoms with Crippen LogP contribution in [0.2, 0.25) is 0 Å². The Bertz CT molecular complexity index is 355. The molecule has 0 aliphatic carbocycles. The zero-order chi connectivity index (χ0) is 12.8. The van der Waals surface area contributed by atoms with E-state index in [1.165, 1.54) is 5.69 Å². The minimum absolute atomic E-state index is 0.130. The van der Waals surface area contributed by atoms with Gasteiger partial charge in [0.1, 0.15) is 0 Å². The number of rotatable bonds is 6. The smallest absolute Gasteiger partial charge is 0.179 e. The summed E-state index contributed by atoms with van der Waals surface area (Å²) in [6, 6.07) is 7.72. The summed E-state index contributed by atoms with van der Waals surface area (Å²) in [5.41, 5.74) is 1.94. The molecule has 1 unspecified atom stereocenters. The highest BCUT2D eigenvalue weighted by atomic mass is 16.1. The summed E-state index contributed by atoms with van der Waals surface area (Å²) >= 11 is 0. The minimum atomic E-state index is -0.130. The van der Waals surface area contributed by atoms with Crippen molar-refractivity contribution in [3.8, 4) is 0 Å². The van der Waals surface area contributed by atoms with Crippen molar-refractivity contribution >= 4 is 11.5 Å². The molecule has 0 saturated heterocycles. The Morgan fingerprint density at radius 3 is 2.18 bits per heavy atom. The van der Waals surface area contributed by atoms with E-state index in [-0.39, 0.29) is 11.8 Å². The lowest BCUT2D eigenvalue weighted by Gasteiger charge is -2.21. The van der Waals surface area contributed by atoms with Crippen LogP contribution < -0.4 is 10.2 Å². The molecule has 17 heavy (non-hydrogen) atoms. The third-order valence-electron chi connectivity index (χ3n) is 3.11. The molecule has 0 amide bonds. The maximum Gasteiger partial charge on any atom is 0.179 e. The van der Waals surface area contributed by atoms with Gasteiger partial charge in [0, 0.05) is 24.3 Å². The highest BCUT2D eigenvalue weighted by molar-refractivity contribution is 6.00. The Labute approximate surface area is 104 Å². The topological polar surface area (TPSA) is 32.3 Å². The molecular weight excluding hydrogens is 212 g/mol. The largest absolute Gasteiger partial charge is 0.372 e. The molecule has 0 aliphatic heterocycles. The quantitative estimate of drug-likeness (QED) is 0.767. The van der Waals surface area contributed by atoms with Gasteiger partial charge in [0.2, 0.25) is 0 Å². The van der Waals surface area contributed by atoms with Gasteiger partial charge < -0.3 is 10.2 Å². The Kier molecular flexibility index (Phi) is 5.16. The molecule has 1 atom stereocenters. The maximum absolute atomic E-state index is 11.9. The first-order valence-corrected chi connectivity index (χ1v) is 6.20. The number of nitrogens with zero attached hydrogens (tertiary/aromatic N) is 1. The Morgan fingerprint density at radius 1 is 1.24 bits per heavy atom. The number of hydrogen-bond donors (Lipinski definition) is 1. The molecule has 3 heteroatoms. The zero-order valence-electron chi connectivity index (χ0n) is 11.2. The summed E-state index contributed by atoms with van der Waals surface area (Å²) in [6.07, 6.45) is 0. The Morgan fingerprint density at radius 2 is 1.76 bits per heavy atom. The molecule has 0 fully saturated rings. The van der Waals surface area contributed by atoms with Gasteiger partial charge in [0.25, 0.3) is 0 Å². The molecule has 1 aromatic carbocycles. The monoisotopic (exact) mass is 234 g/mol. The Balaban J connectivity index is 2.84. The van der Waals surface area contributed by atoms with Crippen LogP contribution in [0.25, 0.3) is 0 Å². The van der Waals surface area contributed by atoms with Crippen LogP contribution in [0.5, 0.6) is 0 Å². The standard InChI is InChI=1S/C14H22N2O/c1-5-16(6-2)13-9-7-12(8-10-13)14(17)11(3)15-4/h7-11,15H,5-6H2,1-4H3. The number of ketones is 1. The number of carbonyl (C=O) groups is 1. The van der Waals surface area contributed by atoms with E-state index in [1.54, 1.807) is 7.05 Å². The van der Waals surface area contributed by atoms with Crippen molar-refractivity contribution in [1.82, 2.24) is 5.32 Å². The van der Waals surface area contributed by atoms with Gasteiger partial charge in [-0.05, 0) is 52.1 Å². The molecule has 1 N–H and O–H groups in total. The lowest BCUT2D eigenvalue weighted by molar-refractivity contribution is 0.0955. The third kappa shape index (κ3) is 3.30. The third-order valence-corrected chi connectivity index (χ3v) is 3.11. The van der Waals surface area contributed by atoms with Crippen molar-refractivity contribution in [1.29, 1.82) is 0 Å². The van der Waals surface area contributed by atoms with Crippen molar-refractivity contribution in [2.45, 2.75) is 26.8 Å². The van der Waals surface area contributed by atoms with Gasteiger partial charge in [-0.2, -0.15) is 0 Å². The number of nitrogens with one attached hydrogen (secondary N) is 1. The van der Waals surface area contributed by atoms with Gasteiger partial charge in [0.15, 0.2) is 5.78 Å². The summed E-state index contributed by atoms with van der Waals surface area (Å²) < 4.78 is 0. The predicted molar refractivity (Wildman–Crippen MR) is 72.9 cm³/mol. The fourth-order valence-electron chi connectivity index (χ4n) is 1.81. The second-order valence-corrected chi connectivity index (χ2v) is 4.09. The van der Waals surface area contributed by atoms with E-state index in [9.17, 15) is 4.79 Å². The number of carbonyl (C=O) groups excluding carboxylic acids is 1. The SMILES string of the molecule is CCN(CC)c1ccc(C(=O)C(C)NC)cc1. The van der Waals surface area contributed by atoms with Gasteiger partial charge in [-0.3, -0.25) is 4.79 Å². The van der Waals surface area contributed by atoms with Crippen LogP contribution >= 0.6 is 0 Å². The summed E-state index contributed by atoms with van der Waals surface area (Å²) in [5, 5.41) is 2.96. The van der Waals surface area contributed by atoms with E-state index in [0.717, 1.165) is 18.7 Å². The number of likely N-dealkylation sites (N-methyl/N-ethyl adjacent to an activating group) is 1. The van der Waals surface area contributed by atoms with E-state index < -0.39 is 0 Å². The molecule has 0 aromatic heterocycles. The molecular formula is C14H22N2O. The highest BCUT2D eigenvalue weighted by Gasteiger charge is 2.13. The van der Waals surface area contributed by atoms with Crippen molar-refractivity contribution in [3.05, 3.63) is 29.8 Å². The first kappa shape index (κ1) is 13.7. The first-order chi connectivity index (χ1) is 8.13. The van der Waals surface area contributed by atoms with Crippen LogP contribution in [-0.2, 0) is 0 Å². The van der Waals surface area contributed by atoms with E-state index in [2.05, 4.69) is 24.1 Å². The molecule has 0 saturated carbocycles. The van der Waals surface area contributed by atoms with Crippen molar-refractivity contribution in [2.24, 2.45) is 0 Å². The van der Waals surface area contributed by atoms with E-state index >= 15 is 0 Å². The number of benzene rings is 1. The fraction of sp³-hybridized carbons (Fsp3) is 0.500. The van der Waals surface area contributed by atoms with Crippen molar-refractivity contribution in [2.75, 3.05) is 25.0 Å². The van der Waals surface area contributed by atoms with Crippen molar-refractivity contribution < 1.29 is 4.79 Å². The maximum atomic E-state index is 11.9. The molecule has 0 aliphatic rings. The lowest BCUT2D eigenvalue weighted by atomic mass is 10.1. The molecule has 0 spiro atoms. The zero-order valence-corrected chi connectivity index (χ0v) is 11.2. The minimum Gasteiger partial charge on any atom is -0.372 e. The summed E-state index contributed by atoms with van der Waals surface area (Å²) in [6.45, 7) is 8.10. The lowest BCUT2D eigenvalue weighted by Crippen LogP contribution is -2.30. The Hall–Kier alpha value is -1.35. The van der Waals surface area contributed by atoms with Gasteiger partial charge in [-0.25, -0.2) is 0 Å². The molecule has 0 radical (unpaired) electrons. The van der Waals surface area contributed by atoms with E-state index in [1.807, 2.05) is 31.2 Å². The van der Waals surface area contributed by atoms with Crippen LogP contribution in [0.3, 0.4) is 0 Å². The van der Waals surface area contributed by atoms with E-state index in [0.29, 0.717) is 0 Å². The molecule has 94 valence electrons. The van der Waals surface area contributed by atoms with Crippen LogP contribution in [0.4, 0.5) is 5.69 Å². The van der Waals surface area contributed by atoms with Crippen LogP contribution in [0, 0.1) is 0 Å². The molecule has 0 bridgehead atoms. The first-order valence-electron chi connectivity index (χ1n) is 6.20. The molecule has 1 aromatic rings. The average Bonchev–Trinajstić information content (AvgIpc) is 2.39. The normalized spacial score (nSPS) is 12.2. The number of anilines is 1. The van der Waals surface area contributed by atoms with Gasteiger partial charge in [0.05, 0.1) is 6.04 Å². The van der Waals surface area contributed by atoms with Crippen LogP contribution in [0.15, 0.2) is 24.3 Å². The number of Topliss-reactive ketones (excluding diaryl/α,β-unsaturated/α-hetero) is 1. The average molecular weight is 234 g/mol. The van der Waals surface area contributed by atoms with E-state index in [4.69, 9.17) is 0 Å². The summed E-state index contributed by atoms with van der Waals surface area (Å²) in [4.78, 5) is 14.2. The molecule has 1 rings (SSSR count). The molecule has 0 heterocycles. The molecule has 3 nitrogen and oxygen atoms in total. The van der Waals surface area contributed by atoms with Crippen LogP contribution in [0.1, 0.15) is 31.1 Å². The van der Waals surface area contributed by atoms with Gasteiger partial charge >= 0.3 is 0 Å².